The number of allylic oxidation sites excluding steroid dienone is 1. The highest BCUT2D eigenvalue weighted by Crippen LogP contribution is 2.37. The molecular weight excluding hydrogens is 703 g/mol. The van der Waals surface area contributed by atoms with Gasteiger partial charge in [-0.3, -0.25) is 9.36 Å². The van der Waals surface area contributed by atoms with E-state index < -0.39 is 12.0 Å². The van der Waals surface area contributed by atoms with Crippen LogP contribution >= 0.6 is 50.5 Å². The first-order valence-electron chi connectivity index (χ1n) is 14.0. The predicted octanol–water partition coefficient (Wildman–Crippen LogP) is 6.85. The summed E-state index contributed by atoms with van der Waals surface area (Å²) in [5.41, 5.74) is 2.59. The molecule has 0 N–H and O–H groups in total. The van der Waals surface area contributed by atoms with Gasteiger partial charge < -0.3 is 18.9 Å². The van der Waals surface area contributed by atoms with Crippen molar-refractivity contribution in [2.45, 2.75) is 33.4 Å². The number of carbonyl (C=O) groups is 1. The van der Waals surface area contributed by atoms with Crippen molar-refractivity contribution < 1.29 is 23.7 Å². The third kappa shape index (κ3) is 6.99. The van der Waals surface area contributed by atoms with E-state index in [1.54, 1.807) is 45.2 Å². The average Bonchev–Trinajstić information content (AvgIpc) is 3.31. The molecule has 0 spiro atoms. The lowest BCUT2D eigenvalue weighted by atomic mass is 9.96. The summed E-state index contributed by atoms with van der Waals surface area (Å²) in [6.45, 7) is 6.27. The molecule has 0 amide bonds. The normalized spacial score (nSPS) is 14.6. The lowest BCUT2D eigenvalue weighted by Crippen LogP contribution is -2.39. The molecule has 0 radical (unpaired) electrons. The van der Waals surface area contributed by atoms with Crippen LogP contribution in [0.15, 0.2) is 80.1 Å². The van der Waals surface area contributed by atoms with Crippen LogP contribution < -0.4 is 29.1 Å². The monoisotopic (exact) mass is 730 g/mol. The number of ether oxygens (including phenoxy) is 4. The smallest absolute Gasteiger partial charge is 0.338 e. The van der Waals surface area contributed by atoms with Crippen molar-refractivity contribution >= 4 is 62.5 Å². The highest BCUT2D eigenvalue weighted by molar-refractivity contribution is 9.10. The molecule has 1 aromatic heterocycles. The molecule has 2 heterocycles. The Kier molecular flexibility index (Phi) is 10.4. The van der Waals surface area contributed by atoms with E-state index >= 15 is 0 Å². The molecule has 0 aliphatic carbocycles. The van der Waals surface area contributed by atoms with Crippen molar-refractivity contribution in [1.82, 2.24) is 4.57 Å². The van der Waals surface area contributed by atoms with Gasteiger partial charge >= 0.3 is 5.97 Å². The molecule has 0 bridgehead atoms. The van der Waals surface area contributed by atoms with E-state index in [0.717, 1.165) is 15.6 Å². The van der Waals surface area contributed by atoms with Crippen LogP contribution in [0.1, 0.15) is 43.5 Å². The fourth-order valence-corrected chi connectivity index (χ4v) is 6.76. The molecule has 0 saturated carbocycles. The van der Waals surface area contributed by atoms with Crippen LogP contribution in [0.4, 0.5) is 0 Å². The summed E-state index contributed by atoms with van der Waals surface area (Å²) in [7, 11) is 1.54. The van der Waals surface area contributed by atoms with E-state index in [9.17, 15) is 9.59 Å². The highest BCUT2D eigenvalue weighted by Gasteiger charge is 2.33. The van der Waals surface area contributed by atoms with Gasteiger partial charge in [-0.05, 0) is 74.4 Å². The van der Waals surface area contributed by atoms with Crippen molar-refractivity contribution in [1.29, 1.82) is 0 Å². The molecule has 234 valence electrons. The van der Waals surface area contributed by atoms with Gasteiger partial charge in [0, 0.05) is 10.0 Å². The minimum absolute atomic E-state index is 0.177. The lowest BCUT2D eigenvalue weighted by Gasteiger charge is -2.24. The summed E-state index contributed by atoms with van der Waals surface area (Å²) in [6, 6.07) is 15.5. The predicted molar refractivity (Wildman–Crippen MR) is 179 cm³/mol. The van der Waals surface area contributed by atoms with E-state index in [2.05, 4.69) is 20.9 Å². The fraction of sp³-hybridized carbons (Fsp3) is 0.242. The lowest BCUT2D eigenvalue weighted by molar-refractivity contribution is -0.139. The minimum Gasteiger partial charge on any atom is -0.494 e. The summed E-state index contributed by atoms with van der Waals surface area (Å²) < 4.78 is 25.5. The van der Waals surface area contributed by atoms with Gasteiger partial charge in [0.05, 0.1) is 52.2 Å². The SMILES string of the molecule is CCOC(=O)C1=C(C)N=c2s/c(=C\c3cc(Br)cc(OC)c3OCc3ccc(Cl)c(Cl)c3)c(=O)n2[C@@H]1c1ccc(OCC)cc1. The molecule has 5 rings (SSSR count). The molecule has 12 heteroatoms. The molecule has 45 heavy (non-hydrogen) atoms. The number of carbonyl (C=O) groups excluding carboxylic acids is 1. The van der Waals surface area contributed by atoms with E-state index in [-0.39, 0.29) is 18.8 Å². The van der Waals surface area contributed by atoms with Crippen molar-refractivity contribution in [3.05, 3.63) is 117 Å². The number of nitrogens with zero attached hydrogens (tertiary/aromatic N) is 2. The molecule has 4 aromatic rings. The van der Waals surface area contributed by atoms with Crippen LogP contribution in [0, 0.1) is 0 Å². The number of esters is 1. The number of benzene rings is 3. The van der Waals surface area contributed by atoms with Crippen molar-refractivity contribution in [3.8, 4) is 17.2 Å². The van der Waals surface area contributed by atoms with E-state index in [4.69, 9.17) is 42.1 Å². The van der Waals surface area contributed by atoms with Crippen molar-refractivity contribution in [2.24, 2.45) is 4.99 Å². The zero-order valence-electron chi connectivity index (χ0n) is 24.9. The van der Waals surface area contributed by atoms with Gasteiger partial charge in [-0.15, -0.1) is 0 Å². The fourth-order valence-electron chi connectivity index (χ4n) is 4.95. The zero-order valence-corrected chi connectivity index (χ0v) is 28.8. The second kappa shape index (κ2) is 14.2. The van der Waals surface area contributed by atoms with Gasteiger partial charge in [0.25, 0.3) is 5.56 Å². The number of methoxy groups -OCH3 is 1. The Morgan fingerprint density at radius 1 is 1.04 bits per heavy atom. The quantitative estimate of drug-likeness (QED) is 0.166. The Balaban J connectivity index is 1.64. The topological polar surface area (TPSA) is 88.4 Å². The number of hydrogen-bond acceptors (Lipinski definition) is 8. The van der Waals surface area contributed by atoms with Gasteiger partial charge in [-0.2, -0.15) is 0 Å². The van der Waals surface area contributed by atoms with Gasteiger partial charge in [-0.1, -0.05) is 68.7 Å². The van der Waals surface area contributed by atoms with Gasteiger partial charge in [-0.25, -0.2) is 9.79 Å². The van der Waals surface area contributed by atoms with Crippen LogP contribution in [0.2, 0.25) is 10.0 Å². The van der Waals surface area contributed by atoms with E-state index in [1.165, 1.54) is 15.9 Å². The zero-order chi connectivity index (χ0) is 32.2. The largest absolute Gasteiger partial charge is 0.494 e. The van der Waals surface area contributed by atoms with Crippen molar-refractivity contribution in [2.75, 3.05) is 20.3 Å². The molecule has 1 atom stereocenters. The van der Waals surface area contributed by atoms with Crippen LogP contribution in [-0.4, -0.2) is 30.9 Å². The van der Waals surface area contributed by atoms with Crippen LogP contribution in [0.25, 0.3) is 6.08 Å². The first-order valence-corrected chi connectivity index (χ1v) is 16.4. The molecule has 0 unspecified atom stereocenters. The molecule has 0 fully saturated rings. The van der Waals surface area contributed by atoms with Gasteiger partial charge in [0.15, 0.2) is 16.3 Å². The Morgan fingerprint density at radius 3 is 2.47 bits per heavy atom. The summed E-state index contributed by atoms with van der Waals surface area (Å²) in [4.78, 5) is 32.5. The number of aromatic nitrogens is 1. The van der Waals surface area contributed by atoms with E-state index in [0.29, 0.717) is 60.1 Å². The summed E-state index contributed by atoms with van der Waals surface area (Å²) in [5.74, 6) is 1.06. The molecule has 8 nitrogen and oxygen atoms in total. The van der Waals surface area contributed by atoms with Crippen molar-refractivity contribution in [3.63, 3.8) is 0 Å². The number of rotatable bonds is 10. The standard InChI is InChI=1S/C33H29BrCl2N2O6S/c1-5-42-23-10-8-20(9-11-23)29-28(32(40)43-6-2)18(3)37-33-38(29)31(39)27(45-33)15-21-14-22(34)16-26(41-4)30(21)44-17-19-7-12-24(35)25(36)13-19/h7-16,29H,5-6,17H2,1-4H3/b27-15-/t29-/m1/s1. The summed E-state index contributed by atoms with van der Waals surface area (Å²) in [6.07, 6.45) is 1.74. The first-order chi connectivity index (χ1) is 21.6. The number of hydrogen-bond donors (Lipinski definition) is 0. The Labute approximate surface area is 282 Å². The maximum absolute atomic E-state index is 14.2. The number of fused-ring (bicyclic) bond motifs is 1. The molecule has 1 aliphatic heterocycles. The van der Waals surface area contributed by atoms with Crippen LogP contribution in [-0.2, 0) is 16.1 Å². The molecule has 1 aliphatic rings. The second-order valence-electron chi connectivity index (χ2n) is 9.87. The third-order valence-electron chi connectivity index (χ3n) is 6.95. The molecule has 3 aromatic carbocycles. The van der Waals surface area contributed by atoms with Gasteiger partial charge in [0.1, 0.15) is 12.4 Å². The Hall–Kier alpha value is -3.57. The molecular formula is C33H29BrCl2N2O6S. The number of halogens is 3. The molecule has 0 saturated heterocycles. The second-order valence-corrected chi connectivity index (χ2v) is 12.6. The number of thiazole rings is 1. The Bertz CT molecular complexity index is 1970. The maximum atomic E-state index is 14.2. The maximum Gasteiger partial charge on any atom is 0.338 e. The van der Waals surface area contributed by atoms with Gasteiger partial charge in [0.2, 0.25) is 0 Å². The van der Waals surface area contributed by atoms with E-state index in [1.807, 2.05) is 43.3 Å². The third-order valence-corrected chi connectivity index (χ3v) is 9.13. The van der Waals surface area contributed by atoms with Crippen LogP contribution in [0.5, 0.6) is 17.2 Å². The average molecular weight is 732 g/mol. The minimum atomic E-state index is -0.749. The Morgan fingerprint density at radius 2 is 1.80 bits per heavy atom. The van der Waals surface area contributed by atoms with Crippen LogP contribution in [0.3, 0.4) is 0 Å². The first kappa shape index (κ1) is 32.8. The summed E-state index contributed by atoms with van der Waals surface area (Å²) in [5, 5.41) is 0.865. The highest BCUT2D eigenvalue weighted by atomic mass is 79.9. The summed E-state index contributed by atoms with van der Waals surface area (Å²) >= 11 is 17.0.